The minimum atomic E-state index is -0.832. The highest BCUT2D eigenvalue weighted by atomic mass is 32.2. The summed E-state index contributed by atoms with van der Waals surface area (Å²) in [4.78, 5) is 53.8. The molecule has 0 saturated heterocycles. The van der Waals surface area contributed by atoms with Gasteiger partial charge in [0.15, 0.2) is 33.9 Å². The number of hydrogen-bond acceptors (Lipinski definition) is 14. The quantitative estimate of drug-likeness (QED) is 0.0757. The van der Waals surface area contributed by atoms with Crippen LogP contribution >= 0.6 is 23.5 Å². The fraction of sp³-hybridized carbons (Fsp3) is 0.286. The summed E-state index contributed by atoms with van der Waals surface area (Å²) >= 11 is 2.76. The van der Waals surface area contributed by atoms with Crippen LogP contribution in [0, 0.1) is 0 Å². The van der Waals surface area contributed by atoms with Gasteiger partial charge in [0.25, 0.3) is 0 Å². The molecule has 0 aliphatic heterocycles. The number of methoxy groups -OCH3 is 6. The molecule has 4 atom stereocenters. The highest BCUT2D eigenvalue weighted by Crippen LogP contribution is 2.52. The van der Waals surface area contributed by atoms with Crippen LogP contribution in [-0.2, 0) is 22.4 Å². The fourth-order valence-electron chi connectivity index (χ4n) is 9.38. The average molecular weight is 1010 g/mol. The Morgan fingerprint density at radius 2 is 0.875 bits per heavy atom. The summed E-state index contributed by atoms with van der Waals surface area (Å²) in [6.07, 6.45) is 6.07. The molecule has 376 valence electrons. The number of hydrogen-bond donors (Lipinski definition) is 4. The van der Waals surface area contributed by atoms with Crippen molar-refractivity contribution in [2.75, 3.05) is 55.2 Å². The van der Waals surface area contributed by atoms with Gasteiger partial charge in [0.05, 0.1) is 64.5 Å². The molecular formula is C56H60N4O10S2. The van der Waals surface area contributed by atoms with Crippen LogP contribution < -0.4 is 61.4 Å². The Morgan fingerprint density at radius 3 is 1.19 bits per heavy atom. The second-order valence-corrected chi connectivity index (χ2v) is 18.6. The number of amides is 2. The number of ether oxygens (including phenoxy) is 6. The van der Waals surface area contributed by atoms with Crippen LogP contribution in [0.1, 0.15) is 70.4 Å². The van der Waals surface area contributed by atoms with E-state index in [9.17, 15) is 19.2 Å². The van der Waals surface area contributed by atoms with Crippen molar-refractivity contribution in [2.45, 2.75) is 59.6 Å². The predicted octanol–water partition coefficient (Wildman–Crippen LogP) is 8.53. The minimum absolute atomic E-state index is 0.113. The van der Waals surface area contributed by atoms with Crippen LogP contribution in [0.5, 0.6) is 34.5 Å². The van der Waals surface area contributed by atoms with Crippen molar-refractivity contribution in [3.8, 4) is 56.8 Å². The van der Waals surface area contributed by atoms with Crippen molar-refractivity contribution in [3.05, 3.63) is 163 Å². The number of aryl methyl sites for hydroxylation is 2. The second kappa shape index (κ2) is 24.0. The lowest BCUT2D eigenvalue weighted by atomic mass is 9.95. The molecule has 0 heterocycles. The van der Waals surface area contributed by atoms with E-state index in [1.54, 1.807) is 54.8 Å². The van der Waals surface area contributed by atoms with Crippen LogP contribution in [0.3, 0.4) is 0 Å². The van der Waals surface area contributed by atoms with Gasteiger partial charge < -0.3 is 50.5 Å². The zero-order chi connectivity index (χ0) is 51.6. The smallest absolute Gasteiger partial charge is 0.241 e. The Kier molecular flexibility index (Phi) is 17.6. The van der Waals surface area contributed by atoms with Crippen molar-refractivity contribution >= 4 is 35.3 Å². The standard InChI is InChI=1S/2C28H30N2O5S/c2*1-33-22-14-17-10-12-20(30-28(32)25(29)16-8-6-5-7-9-16)19-15-21(31)23(36-4)13-11-18(19)24(17)27(35-3)26(22)34-2/h2*5-9,11,13-15,20,25H,10,12,29H2,1-4H3,(H,30,32)/t20-,25+;20-,25-/m00/s1. The Labute approximate surface area is 428 Å². The highest BCUT2D eigenvalue weighted by molar-refractivity contribution is 7.98. The second-order valence-electron chi connectivity index (χ2n) is 16.9. The summed E-state index contributed by atoms with van der Waals surface area (Å²) in [5.41, 5.74) is 20.4. The SMILES string of the molecule is COc1cc2c(c(OC)c1OC)-c1ccc(SC)c(=O)cc1[C@@H](NC(=O)[C@@H](N)c1ccccc1)CC2.COc1cc2c(c(OC)c1OC)-c1ccc(SC)c(=O)cc1[C@@H](NC(=O)[C@H](N)c1ccccc1)CC2. The molecule has 2 aliphatic rings. The topological polar surface area (TPSA) is 200 Å². The lowest BCUT2D eigenvalue weighted by Gasteiger charge is -2.21. The van der Waals surface area contributed by atoms with Gasteiger partial charge in [-0.1, -0.05) is 72.8 Å². The molecule has 0 fully saturated rings. The van der Waals surface area contributed by atoms with Gasteiger partial charge in [-0.05, 0) is 119 Å². The van der Waals surface area contributed by atoms with Crippen molar-refractivity contribution < 1.29 is 38.0 Å². The number of benzene rings is 4. The number of carbonyl (C=O) groups excluding carboxylic acids is 2. The summed E-state index contributed by atoms with van der Waals surface area (Å²) in [7, 11) is 9.44. The van der Waals surface area contributed by atoms with E-state index in [1.807, 2.05) is 110 Å². The summed E-state index contributed by atoms with van der Waals surface area (Å²) in [6.45, 7) is 0. The van der Waals surface area contributed by atoms with E-state index in [0.29, 0.717) is 81.1 Å². The van der Waals surface area contributed by atoms with Gasteiger partial charge in [-0.2, -0.15) is 0 Å². The van der Waals surface area contributed by atoms with Crippen LogP contribution in [-0.4, -0.2) is 67.0 Å². The fourth-order valence-corrected chi connectivity index (χ4v) is 10.3. The van der Waals surface area contributed by atoms with Gasteiger partial charge in [-0.15, -0.1) is 23.5 Å². The molecule has 6 N–H and O–H groups in total. The van der Waals surface area contributed by atoms with Gasteiger partial charge in [0.1, 0.15) is 12.1 Å². The summed E-state index contributed by atoms with van der Waals surface area (Å²) in [6, 6.07) is 30.4. The molecule has 0 radical (unpaired) electrons. The van der Waals surface area contributed by atoms with E-state index in [2.05, 4.69) is 10.6 Å². The van der Waals surface area contributed by atoms with E-state index in [4.69, 9.17) is 39.9 Å². The highest BCUT2D eigenvalue weighted by Gasteiger charge is 2.33. The molecule has 14 nitrogen and oxygen atoms in total. The van der Waals surface area contributed by atoms with Crippen molar-refractivity contribution in [3.63, 3.8) is 0 Å². The van der Waals surface area contributed by atoms with Crippen LogP contribution in [0.15, 0.2) is 129 Å². The molecule has 8 rings (SSSR count). The number of nitrogens with one attached hydrogen (secondary N) is 2. The number of rotatable bonds is 14. The lowest BCUT2D eigenvalue weighted by Crippen LogP contribution is -2.37. The van der Waals surface area contributed by atoms with Crippen molar-refractivity contribution in [1.82, 2.24) is 10.6 Å². The first-order chi connectivity index (χ1) is 34.9. The van der Waals surface area contributed by atoms with Gasteiger partial charge in [-0.3, -0.25) is 19.2 Å². The molecule has 0 bridgehead atoms. The van der Waals surface area contributed by atoms with Gasteiger partial charge in [0, 0.05) is 11.1 Å². The molecule has 2 amide bonds. The first-order valence-corrected chi connectivity index (χ1v) is 25.6. The summed E-state index contributed by atoms with van der Waals surface area (Å²) in [5, 5.41) is 6.22. The van der Waals surface area contributed by atoms with E-state index in [-0.39, 0.29) is 22.7 Å². The summed E-state index contributed by atoms with van der Waals surface area (Å²) in [5.74, 6) is 2.46. The van der Waals surface area contributed by atoms with E-state index >= 15 is 0 Å². The van der Waals surface area contributed by atoms with Gasteiger partial charge in [0.2, 0.25) is 23.3 Å². The summed E-state index contributed by atoms with van der Waals surface area (Å²) < 4.78 is 34.1. The molecule has 6 aromatic carbocycles. The van der Waals surface area contributed by atoms with E-state index < -0.39 is 24.2 Å². The first-order valence-electron chi connectivity index (χ1n) is 23.2. The van der Waals surface area contributed by atoms with E-state index in [1.165, 1.54) is 23.5 Å². The molecule has 0 aromatic heterocycles. The molecule has 2 aliphatic carbocycles. The average Bonchev–Trinajstić information content (AvgIpc) is 3.81. The Hall–Kier alpha value is -6.98. The largest absolute Gasteiger partial charge is 0.493 e. The Morgan fingerprint density at radius 1 is 0.514 bits per heavy atom. The Bertz CT molecular complexity index is 2870. The number of carbonyl (C=O) groups is 2. The van der Waals surface area contributed by atoms with Gasteiger partial charge >= 0.3 is 0 Å². The van der Waals surface area contributed by atoms with Crippen LogP contribution in [0.25, 0.3) is 22.3 Å². The predicted molar refractivity (Wildman–Crippen MR) is 284 cm³/mol. The van der Waals surface area contributed by atoms with Crippen LogP contribution in [0.4, 0.5) is 0 Å². The van der Waals surface area contributed by atoms with Crippen molar-refractivity contribution in [1.29, 1.82) is 0 Å². The number of fused-ring (bicyclic) bond motifs is 6. The van der Waals surface area contributed by atoms with Crippen molar-refractivity contribution in [2.24, 2.45) is 11.5 Å². The lowest BCUT2D eigenvalue weighted by molar-refractivity contribution is -0.124. The number of thioether (sulfide) groups is 2. The van der Waals surface area contributed by atoms with Gasteiger partial charge in [-0.25, -0.2) is 0 Å². The molecule has 0 spiro atoms. The molecule has 0 unspecified atom stereocenters. The third-order valence-electron chi connectivity index (χ3n) is 13.0. The zero-order valence-corrected chi connectivity index (χ0v) is 43.2. The number of nitrogens with two attached hydrogens (primary N) is 2. The van der Waals surface area contributed by atoms with E-state index in [0.717, 1.165) is 44.5 Å². The maximum atomic E-state index is 13.2. The first kappa shape index (κ1) is 52.8. The molecular weight excluding hydrogens is 953 g/mol. The molecule has 0 saturated carbocycles. The Balaban J connectivity index is 0.000000211. The molecule has 6 aromatic rings. The monoisotopic (exact) mass is 1010 g/mol. The normalized spacial score (nSPS) is 15.1. The third kappa shape index (κ3) is 10.9. The maximum absolute atomic E-state index is 13.2. The molecule has 72 heavy (non-hydrogen) atoms. The third-order valence-corrected chi connectivity index (χ3v) is 14.5. The molecule has 16 heteroatoms. The minimum Gasteiger partial charge on any atom is -0.493 e. The maximum Gasteiger partial charge on any atom is 0.241 e. The van der Waals surface area contributed by atoms with Crippen LogP contribution in [0.2, 0.25) is 0 Å². The zero-order valence-electron chi connectivity index (χ0n) is 41.6.